The molecule has 0 aliphatic heterocycles. The average molecular weight is 314 g/mol. The number of hydrogen-bond donors (Lipinski definition) is 2. The van der Waals surface area contributed by atoms with E-state index in [9.17, 15) is 4.79 Å². The molecule has 3 aromatic rings. The van der Waals surface area contributed by atoms with Crippen LogP contribution in [0.15, 0.2) is 40.4 Å². The minimum atomic E-state index is -0.370. The molecule has 6 heteroatoms. The first-order valence-electron chi connectivity index (χ1n) is 7.09. The van der Waals surface area contributed by atoms with Crippen molar-refractivity contribution < 1.29 is 0 Å². The van der Waals surface area contributed by atoms with Gasteiger partial charge in [0.15, 0.2) is 5.65 Å². The first-order valence-corrected chi connectivity index (χ1v) is 8.08. The molecule has 3 rings (SSSR count). The van der Waals surface area contributed by atoms with E-state index in [2.05, 4.69) is 65.0 Å². The van der Waals surface area contributed by atoms with Gasteiger partial charge in [0.05, 0.1) is 6.33 Å². The molecule has 1 aromatic carbocycles. The highest BCUT2D eigenvalue weighted by atomic mass is 32.2. The molecule has 0 aliphatic rings. The Morgan fingerprint density at radius 3 is 2.59 bits per heavy atom. The van der Waals surface area contributed by atoms with Crippen molar-refractivity contribution in [2.24, 2.45) is 0 Å². The standard InChI is InChI=1S/C16H18N4OS/c1-16(2,3)11-6-4-10(5-7-11)8-22-14-12-13(18-9-17-12)19-15(21)20-14/h4-7,9H,8H2,1-3H3,(H2,17,18,19,20,21). The van der Waals surface area contributed by atoms with Gasteiger partial charge in [0.2, 0.25) is 0 Å². The van der Waals surface area contributed by atoms with Gasteiger partial charge in [-0.3, -0.25) is 4.98 Å². The summed E-state index contributed by atoms with van der Waals surface area (Å²) >= 11 is 1.53. The van der Waals surface area contributed by atoms with Gasteiger partial charge in [-0.15, -0.1) is 0 Å². The Bertz CT molecular complexity index is 843. The first kappa shape index (κ1) is 14.8. The van der Waals surface area contributed by atoms with Crippen molar-refractivity contribution in [1.29, 1.82) is 0 Å². The molecule has 0 bridgehead atoms. The number of nitrogens with one attached hydrogen (secondary N) is 2. The molecule has 0 atom stereocenters. The lowest BCUT2D eigenvalue weighted by Gasteiger charge is -2.19. The van der Waals surface area contributed by atoms with Crippen LogP contribution in [-0.4, -0.2) is 19.9 Å². The van der Waals surface area contributed by atoms with Crippen molar-refractivity contribution in [3.63, 3.8) is 0 Å². The highest BCUT2D eigenvalue weighted by Gasteiger charge is 2.13. The zero-order valence-electron chi connectivity index (χ0n) is 12.8. The summed E-state index contributed by atoms with van der Waals surface area (Å²) in [5.74, 6) is 0.759. The number of H-pyrrole nitrogens is 2. The summed E-state index contributed by atoms with van der Waals surface area (Å²) in [4.78, 5) is 25.3. The molecule has 0 amide bonds. The lowest BCUT2D eigenvalue weighted by atomic mass is 9.87. The molecule has 2 N–H and O–H groups in total. The van der Waals surface area contributed by atoms with Crippen LogP contribution in [0, 0.1) is 0 Å². The summed E-state index contributed by atoms with van der Waals surface area (Å²) in [5, 5.41) is 0.677. The molecule has 2 heterocycles. The Kier molecular flexibility index (Phi) is 3.78. The predicted octanol–water partition coefficient (Wildman–Crippen LogP) is 3.24. The highest BCUT2D eigenvalue weighted by molar-refractivity contribution is 7.98. The van der Waals surface area contributed by atoms with E-state index in [1.54, 1.807) is 6.33 Å². The molecule has 114 valence electrons. The van der Waals surface area contributed by atoms with Crippen LogP contribution in [0.2, 0.25) is 0 Å². The molecule has 0 saturated carbocycles. The van der Waals surface area contributed by atoms with Gasteiger partial charge in [-0.25, -0.2) is 9.78 Å². The third kappa shape index (κ3) is 3.06. The van der Waals surface area contributed by atoms with E-state index in [0.29, 0.717) is 10.7 Å². The lowest BCUT2D eigenvalue weighted by molar-refractivity contribution is 0.590. The van der Waals surface area contributed by atoms with E-state index in [1.165, 1.54) is 22.9 Å². The van der Waals surface area contributed by atoms with E-state index >= 15 is 0 Å². The minimum absolute atomic E-state index is 0.155. The second kappa shape index (κ2) is 5.61. The number of hydrogen-bond acceptors (Lipinski definition) is 4. The number of imidazole rings is 1. The van der Waals surface area contributed by atoms with Gasteiger partial charge >= 0.3 is 5.69 Å². The predicted molar refractivity (Wildman–Crippen MR) is 89.2 cm³/mol. The number of fused-ring (bicyclic) bond motifs is 1. The first-order chi connectivity index (χ1) is 10.4. The van der Waals surface area contributed by atoms with Crippen LogP contribution in [0.5, 0.6) is 0 Å². The van der Waals surface area contributed by atoms with Gasteiger partial charge in [-0.05, 0) is 16.5 Å². The molecule has 0 radical (unpaired) electrons. The number of aromatic amines is 2. The zero-order valence-corrected chi connectivity index (χ0v) is 13.6. The fourth-order valence-electron chi connectivity index (χ4n) is 2.19. The SMILES string of the molecule is CC(C)(C)c1ccc(CSc2nc(=O)[nH]c3nc[nH]c23)cc1. The van der Waals surface area contributed by atoms with E-state index in [4.69, 9.17) is 0 Å². The smallest absolute Gasteiger partial charge is 0.341 e. The largest absolute Gasteiger partial charge is 0.347 e. The molecule has 22 heavy (non-hydrogen) atoms. The number of thioether (sulfide) groups is 1. The molecule has 0 unspecified atom stereocenters. The van der Waals surface area contributed by atoms with Crippen molar-refractivity contribution in [1.82, 2.24) is 19.9 Å². The van der Waals surface area contributed by atoms with E-state index in [-0.39, 0.29) is 11.1 Å². The number of nitrogens with zero attached hydrogens (tertiary/aromatic N) is 2. The van der Waals surface area contributed by atoms with Crippen LogP contribution < -0.4 is 5.69 Å². The Balaban J connectivity index is 1.79. The summed E-state index contributed by atoms with van der Waals surface area (Å²) in [6.45, 7) is 6.60. The van der Waals surface area contributed by atoms with Gasteiger partial charge in [0.1, 0.15) is 10.5 Å². The van der Waals surface area contributed by atoms with Crippen LogP contribution in [0.3, 0.4) is 0 Å². The molecule has 0 aliphatic carbocycles. The van der Waals surface area contributed by atoms with Crippen molar-refractivity contribution in [3.8, 4) is 0 Å². The number of aromatic nitrogens is 4. The molecule has 0 fully saturated rings. The van der Waals surface area contributed by atoms with Crippen LogP contribution >= 0.6 is 11.8 Å². The van der Waals surface area contributed by atoms with Gasteiger partial charge in [0, 0.05) is 5.75 Å². The second-order valence-corrected chi connectivity index (χ2v) is 7.17. The van der Waals surface area contributed by atoms with Crippen LogP contribution in [0.4, 0.5) is 0 Å². The lowest BCUT2D eigenvalue weighted by Crippen LogP contribution is -2.11. The Hall–Kier alpha value is -2.08. The van der Waals surface area contributed by atoms with Crippen molar-refractivity contribution in [3.05, 3.63) is 52.2 Å². The molecule has 0 spiro atoms. The van der Waals surface area contributed by atoms with E-state index in [0.717, 1.165) is 11.3 Å². The maximum Gasteiger partial charge on any atom is 0.347 e. The van der Waals surface area contributed by atoms with E-state index < -0.39 is 0 Å². The minimum Gasteiger partial charge on any atom is -0.341 e. The van der Waals surface area contributed by atoms with Crippen LogP contribution in [0.25, 0.3) is 11.2 Å². The maximum absolute atomic E-state index is 11.5. The average Bonchev–Trinajstić information content (AvgIpc) is 2.92. The van der Waals surface area contributed by atoms with Crippen molar-refractivity contribution in [2.45, 2.75) is 37.0 Å². The van der Waals surface area contributed by atoms with Gasteiger partial charge in [0.25, 0.3) is 0 Å². The van der Waals surface area contributed by atoms with Gasteiger partial charge in [-0.1, -0.05) is 56.8 Å². The third-order valence-electron chi connectivity index (χ3n) is 3.48. The number of rotatable bonds is 3. The summed E-state index contributed by atoms with van der Waals surface area (Å²) in [5.41, 5.74) is 3.62. The van der Waals surface area contributed by atoms with Crippen molar-refractivity contribution >= 4 is 22.9 Å². The molecule has 2 aromatic heterocycles. The Morgan fingerprint density at radius 1 is 1.18 bits per heavy atom. The summed E-state index contributed by atoms with van der Waals surface area (Å²) in [6.07, 6.45) is 1.56. The summed E-state index contributed by atoms with van der Waals surface area (Å²) in [7, 11) is 0. The number of benzene rings is 1. The van der Waals surface area contributed by atoms with Gasteiger partial charge in [-0.2, -0.15) is 4.98 Å². The fraction of sp³-hybridized carbons (Fsp3) is 0.312. The van der Waals surface area contributed by atoms with E-state index in [1.807, 2.05) is 0 Å². The molecular formula is C16H18N4OS. The maximum atomic E-state index is 11.5. The normalized spacial score (nSPS) is 12.0. The summed E-state index contributed by atoms with van der Waals surface area (Å²) < 4.78 is 0. The van der Waals surface area contributed by atoms with Crippen LogP contribution in [0.1, 0.15) is 31.9 Å². The molecule has 5 nitrogen and oxygen atoms in total. The fourth-order valence-corrected chi connectivity index (χ4v) is 3.13. The summed E-state index contributed by atoms with van der Waals surface area (Å²) in [6, 6.07) is 8.58. The van der Waals surface area contributed by atoms with Crippen LogP contribution in [-0.2, 0) is 11.2 Å². The highest BCUT2D eigenvalue weighted by Crippen LogP contribution is 2.27. The second-order valence-electron chi connectivity index (χ2n) is 6.21. The van der Waals surface area contributed by atoms with Crippen molar-refractivity contribution in [2.75, 3.05) is 0 Å². The third-order valence-corrected chi connectivity index (χ3v) is 4.52. The quantitative estimate of drug-likeness (QED) is 0.575. The van der Waals surface area contributed by atoms with Gasteiger partial charge < -0.3 is 4.98 Å². The molecule has 0 saturated heterocycles. The Morgan fingerprint density at radius 2 is 1.91 bits per heavy atom. The topological polar surface area (TPSA) is 74.4 Å². The zero-order chi connectivity index (χ0) is 15.7. The molecular weight excluding hydrogens is 296 g/mol. The monoisotopic (exact) mass is 314 g/mol. The Labute approximate surface area is 132 Å².